The molecule has 172 valence electrons. The number of fused-ring (bicyclic) bond motifs is 2. The van der Waals surface area contributed by atoms with Crippen molar-refractivity contribution in [3.63, 3.8) is 0 Å². The highest BCUT2D eigenvalue weighted by Gasteiger charge is 2.31. The summed E-state index contributed by atoms with van der Waals surface area (Å²) < 4.78 is 55.8. The fraction of sp³-hybridized carbons (Fsp3) is 0.120. The van der Waals surface area contributed by atoms with Crippen molar-refractivity contribution < 1.29 is 31.9 Å². The summed E-state index contributed by atoms with van der Waals surface area (Å²) in [6.45, 7) is 0.0210. The number of hydrogen-bond donors (Lipinski definition) is 1. The van der Waals surface area contributed by atoms with Crippen LogP contribution in [0, 0.1) is 0 Å². The Labute approximate surface area is 191 Å². The third-order valence-corrected chi connectivity index (χ3v) is 5.23. The number of carbonyl (C=O) groups excluding carboxylic acids is 1. The maximum Gasteiger partial charge on any atom is 0.416 e. The van der Waals surface area contributed by atoms with Gasteiger partial charge in [-0.25, -0.2) is 5.43 Å². The number of hydrogen-bond acceptors (Lipinski definition) is 5. The first-order valence-electron chi connectivity index (χ1n) is 10.3. The molecule has 0 fully saturated rings. The monoisotopic (exact) mass is 466 g/mol. The number of furan rings is 1. The van der Waals surface area contributed by atoms with Gasteiger partial charge in [0.1, 0.15) is 18.1 Å². The number of hydrazone groups is 1. The summed E-state index contributed by atoms with van der Waals surface area (Å²) in [5.74, 6) is 1.01. The fourth-order valence-corrected chi connectivity index (χ4v) is 3.54. The Morgan fingerprint density at radius 3 is 2.50 bits per heavy atom. The summed E-state index contributed by atoms with van der Waals surface area (Å²) >= 11 is 0. The largest absolute Gasteiger partial charge is 0.485 e. The van der Waals surface area contributed by atoms with E-state index < -0.39 is 23.8 Å². The molecule has 1 aliphatic rings. The molecule has 9 heteroatoms. The Bertz CT molecular complexity index is 1390. The van der Waals surface area contributed by atoms with Crippen molar-refractivity contribution >= 4 is 22.9 Å². The molecule has 3 aromatic carbocycles. The minimum Gasteiger partial charge on any atom is -0.485 e. The number of carbonyl (C=O) groups is 1. The van der Waals surface area contributed by atoms with Gasteiger partial charge in [-0.2, -0.15) is 18.3 Å². The Hall–Kier alpha value is -4.27. The summed E-state index contributed by atoms with van der Waals surface area (Å²) in [5.41, 5.74) is 1.87. The first-order valence-corrected chi connectivity index (χ1v) is 10.3. The summed E-state index contributed by atoms with van der Waals surface area (Å²) in [6, 6.07) is 19.3. The van der Waals surface area contributed by atoms with Gasteiger partial charge in [-0.15, -0.1) is 0 Å². The molecule has 0 saturated carbocycles. The van der Waals surface area contributed by atoms with E-state index in [1.807, 2.05) is 36.4 Å². The second kappa shape index (κ2) is 8.58. The zero-order chi connectivity index (χ0) is 23.7. The molecule has 0 unspecified atom stereocenters. The van der Waals surface area contributed by atoms with Crippen LogP contribution < -0.4 is 14.9 Å². The third kappa shape index (κ3) is 4.45. The Morgan fingerprint density at radius 1 is 0.971 bits per heavy atom. The summed E-state index contributed by atoms with van der Waals surface area (Å²) in [6.07, 6.45) is -4.10. The van der Waals surface area contributed by atoms with E-state index >= 15 is 0 Å². The summed E-state index contributed by atoms with van der Waals surface area (Å²) in [7, 11) is 0. The van der Waals surface area contributed by atoms with Crippen molar-refractivity contribution in [2.45, 2.75) is 12.3 Å². The van der Waals surface area contributed by atoms with Crippen LogP contribution in [0.25, 0.3) is 22.1 Å². The molecule has 0 spiro atoms. The predicted molar refractivity (Wildman–Crippen MR) is 119 cm³/mol. The summed E-state index contributed by atoms with van der Waals surface area (Å²) in [4.78, 5) is 12.5. The van der Waals surface area contributed by atoms with Gasteiger partial charge in [0.15, 0.2) is 11.5 Å². The number of halogens is 3. The molecular weight excluding hydrogens is 449 g/mol. The number of alkyl halides is 3. The number of ether oxygens (including phenoxy) is 2. The van der Waals surface area contributed by atoms with Crippen LogP contribution in [0.1, 0.15) is 11.3 Å². The minimum absolute atomic E-state index is 0.0210. The van der Waals surface area contributed by atoms with Gasteiger partial charge >= 0.3 is 6.18 Å². The molecular formula is C25H17F3N2O4. The van der Waals surface area contributed by atoms with Crippen molar-refractivity contribution in [3.05, 3.63) is 84.1 Å². The first kappa shape index (κ1) is 21.6. The Balaban J connectivity index is 1.23. The first-order chi connectivity index (χ1) is 16.4. The quantitative estimate of drug-likeness (QED) is 0.323. The van der Waals surface area contributed by atoms with Crippen LogP contribution in [-0.4, -0.2) is 24.8 Å². The molecule has 6 nitrogen and oxygen atoms in total. The molecule has 1 aromatic heterocycles. The van der Waals surface area contributed by atoms with Crippen LogP contribution >= 0.6 is 0 Å². The normalized spacial score (nSPS) is 15.6. The Kier molecular flexibility index (Phi) is 5.45. The zero-order valence-corrected chi connectivity index (χ0v) is 17.5. The van der Waals surface area contributed by atoms with Crippen molar-refractivity contribution in [2.75, 3.05) is 6.61 Å². The van der Waals surface area contributed by atoms with E-state index in [2.05, 4.69) is 10.5 Å². The van der Waals surface area contributed by atoms with Crippen molar-refractivity contribution in [1.82, 2.24) is 5.43 Å². The molecule has 0 saturated heterocycles. The standard InChI is InChI=1S/C25H17F3N2O4/c26-25(27,28)18-7-3-6-17(10-18)20-9-8-19(33-20)13-29-30-24(31)23-14-32-21-11-15-4-1-2-5-16(15)12-22(21)34-23/h1-13,23H,14H2,(H,30,31)/t23-/m0/s1. The smallest absolute Gasteiger partial charge is 0.416 e. The molecule has 4 aromatic rings. The van der Waals surface area contributed by atoms with Gasteiger partial charge in [0, 0.05) is 5.56 Å². The average molecular weight is 466 g/mol. The van der Waals surface area contributed by atoms with Crippen molar-refractivity contribution in [3.8, 4) is 22.8 Å². The van der Waals surface area contributed by atoms with Crippen molar-refractivity contribution in [2.24, 2.45) is 5.10 Å². The van der Waals surface area contributed by atoms with Crippen molar-refractivity contribution in [1.29, 1.82) is 0 Å². The van der Waals surface area contributed by atoms with Gasteiger partial charge in [-0.1, -0.05) is 36.4 Å². The maximum absolute atomic E-state index is 12.9. The van der Waals surface area contributed by atoms with E-state index in [1.165, 1.54) is 30.5 Å². The van der Waals surface area contributed by atoms with Crippen LogP contribution in [-0.2, 0) is 11.0 Å². The highest BCUT2D eigenvalue weighted by atomic mass is 19.4. The topological polar surface area (TPSA) is 73.1 Å². The third-order valence-electron chi connectivity index (χ3n) is 5.23. The zero-order valence-electron chi connectivity index (χ0n) is 17.5. The number of nitrogens with one attached hydrogen (secondary N) is 1. The molecule has 0 radical (unpaired) electrons. The van der Waals surface area contributed by atoms with Crippen LogP contribution in [0.5, 0.6) is 11.5 Å². The lowest BCUT2D eigenvalue weighted by atomic mass is 10.1. The maximum atomic E-state index is 12.9. The van der Waals surface area contributed by atoms with Gasteiger partial charge in [-0.3, -0.25) is 4.79 Å². The molecule has 34 heavy (non-hydrogen) atoms. The van der Waals surface area contributed by atoms with E-state index in [0.29, 0.717) is 11.5 Å². The molecule has 1 atom stereocenters. The van der Waals surface area contributed by atoms with Crippen LogP contribution in [0.4, 0.5) is 13.2 Å². The number of rotatable bonds is 4. The predicted octanol–water partition coefficient (Wildman–Crippen LogP) is 5.41. The van der Waals surface area contributed by atoms with Gasteiger partial charge in [0.2, 0.25) is 6.10 Å². The molecule has 1 N–H and O–H groups in total. The van der Waals surface area contributed by atoms with Crippen LogP contribution in [0.2, 0.25) is 0 Å². The molecule has 1 amide bonds. The number of nitrogens with zero attached hydrogens (tertiary/aromatic N) is 1. The van der Waals surface area contributed by atoms with E-state index in [4.69, 9.17) is 13.9 Å². The number of benzene rings is 3. The van der Waals surface area contributed by atoms with Gasteiger partial charge < -0.3 is 13.9 Å². The minimum atomic E-state index is -4.45. The highest BCUT2D eigenvalue weighted by molar-refractivity contribution is 5.87. The fourth-order valence-electron chi connectivity index (χ4n) is 3.54. The van der Waals surface area contributed by atoms with Gasteiger partial charge in [-0.05, 0) is 47.2 Å². The average Bonchev–Trinajstić information content (AvgIpc) is 3.31. The van der Waals surface area contributed by atoms with E-state index in [1.54, 1.807) is 0 Å². The summed E-state index contributed by atoms with van der Waals surface area (Å²) in [5, 5.41) is 5.81. The van der Waals surface area contributed by atoms with E-state index in [0.717, 1.165) is 22.9 Å². The molecule has 5 rings (SSSR count). The van der Waals surface area contributed by atoms with Gasteiger partial charge in [0.25, 0.3) is 5.91 Å². The SMILES string of the molecule is O=C(NN=Cc1ccc(-c2cccc(C(F)(F)F)c2)o1)[C@@H]1COc2cc3ccccc3cc2O1. The molecule has 0 bridgehead atoms. The number of amides is 1. The lowest BCUT2D eigenvalue weighted by Crippen LogP contribution is -2.42. The van der Waals surface area contributed by atoms with Gasteiger partial charge in [0.05, 0.1) is 11.8 Å². The van der Waals surface area contributed by atoms with E-state index in [-0.39, 0.29) is 23.7 Å². The Morgan fingerprint density at radius 2 is 1.74 bits per heavy atom. The van der Waals surface area contributed by atoms with Crippen LogP contribution in [0.3, 0.4) is 0 Å². The second-order valence-electron chi connectivity index (χ2n) is 7.58. The van der Waals surface area contributed by atoms with Crippen LogP contribution in [0.15, 0.2) is 82.3 Å². The highest BCUT2D eigenvalue weighted by Crippen LogP contribution is 2.36. The lowest BCUT2D eigenvalue weighted by molar-refractivity contribution is -0.137. The van der Waals surface area contributed by atoms with E-state index in [9.17, 15) is 18.0 Å². The lowest BCUT2D eigenvalue weighted by Gasteiger charge is -2.25. The molecule has 2 heterocycles. The second-order valence-corrected chi connectivity index (χ2v) is 7.58. The molecule has 1 aliphatic heterocycles. The molecule has 0 aliphatic carbocycles.